The Hall–Kier alpha value is -1.40. The fourth-order valence-electron chi connectivity index (χ4n) is 1.77. The van der Waals surface area contributed by atoms with Crippen molar-refractivity contribution in [2.75, 3.05) is 25.1 Å². The molecule has 0 radical (unpaired) electrons. The quantitative estimate of drug-likeness (QED) is 0.742. The van der Waals surface area contributed by atoms with Gasteiger partial charge in [0.1, 0.15) is 6.61 Å². The SMILES string of the molecule is Cc1nn(C(C)C)c(C)c1NC(=O)COCCN. The van der Waals surface area contributed by atoms with Crippen molar-refractivity contribution in [2.45, 2.75) is 33.7 Å². The van der Waals surface area contributed by atoms with Gasteiger partial charge in [0.25, 0.3) is 0 Å². The molecule has 0 spiro atoms. The normalized spacial score (nSPS) is 11.0. The number of hydrogen-bond acceptors (Lipinski definition) is 4. The molecule has 1 heterocycles. The van der Waals surface area contributed by atoms with E-state index in [1.54, 1.807) is 0 Å². The van der Waals surface area contributed by atoms with Gasteiger partial charge in [0.05, 0.1) is 23.7 Å². The van der Waals surface area contributed by atoms with Crippen molar-refractivity contribution in [3.63, 3.8) is 0 Å². The molecule has 1 aromatic heterocycles. The highest BCUT2D eigenvalue weighted by Crippen LogP contribution is 2.22. The van der Waals surface area contributed by atoms with Gasteiger partial charge in [-0.1, -0.05) is 0 Å². The molecule has 0 aliphatic heterocycles. The first-order valence-electron chi connectivity index (χ1n) is 6.10. The van der Waals surface area contributed by atoms with Crippen LogP contribution in [0.5, 0.6) is 0 Å². The second-order valence-corrected chi connectivity index (χ2v) is 4.47. The smallest absolute Gasteiger partial charge is 0.250 e. The zero-order chi connectivity index (χ0) is 13.7. The van der Waals surface area contributed by atoms with E-state index in [-0.39, 0.29) is 18.6 Å². The highest BCUT2D eigenvalue weighted by Gasteiger charge is 2.15. The van der Waals surface area contributed by atoms with Crippen LogP contribution in [0.4, 0.5) is 5.69 Å². The van der Waals surface area contributed by atoms with Crippen LogP contribution in [0.2, 0.25) is 0 Å². The monoisotopic (exact) mass is 254 g/mol. The maximum atomic E-state index is 11.7. The first kappa shape index (κ1) is 14.7. The molecule has 0 aromatic carbocycles. The number of aromatic nitrogens is 2. The standard InChI is InChI=1S/C12H22N4O2/c1-8(2)16-10(4)12(9(3)15-16)14-11(17)7-18-6-5-13/h8H,5-7,13H2,1-4H3,(H,14,17). The van der Waals surface area contributed by atoms with Crippen molar-refractivity contribution in [1.29, 1.82) is 0 Å². The maximum absolute atomic E-state index is 11.7. The van der Waals surface area contributed by atoms with Gasteiger partial charge in [0, 0.05) is 12.6 Å². The molecule has 3 N–H and O–H groups in total. The zero-order valence-corrected chi connectivity index (χ0v) is 11.5. The molecular weight excluding hydrogens is 232 g/mol. The molecule has 18 heavy (non-hydrogen) atoms. The molecule has 0 fully saturated rings. The summed E-state index contributed by atoms with van der Waals surface area (Å²) in [5, 5.41) is 7.22. The van der Waals surface area contributed by atoms with E-state index in [0.717, 1.165) is 17.1 Å². The first-order chi connectivity index (χ1) is 8.47. The van der Waals surface area contributed by atoms with E-state index in [2.05, 4.69) is 24.3 Å². The number of nitrogens with zero attached hydrogens (tertiary/aromatic N) is 2. The van der Waals surface area contributed by atoms with Crippen LogP contribution < -0.4 is 11.1 Å². The van der Waals surface area contributed by atoms with Crippen LogP contribution in [0.3, 0.4) is 0 Å². The van der Waals surface area contributed by atoms with E-state index in [0.29, 0.717) is 13.2 Å². The highest BCUT2D eigenvalue weighted by molar-refractivity contribution is 5.92. The van der Waals surface area contributed by atoms with E-state index < -0.39 is 0 Å². The van der Waals surface area contributed by atoms with Crippen LogP contribution >= 0.6 is 0 Å². The molecule has 0 unspecified atom stereocenters. The number of ether oxygens (including phenoxy) is 1. The lowest BCUT2D eigenvalue weighted by atomic mass is 10.3. The van der Waals surface area contributed by atoms with Crippen molar-refractivity contribution >= 4 is 11.6 Å². The van der Waals surface area contributed by atoms with E-state index in [1.165, 1.54) is 0 Å². The molecule has 0 aliphatic carbocycles. The minimum atomic E-state index is -0.182. The van der Waals surface area contributed by atoms with Gasteiger partial charge in [-0.05, 0) is 27.7 Å². The van der Waals surface area contributed by atoms with Gasteiger partial charge in [0.15, 0.2) is 0 Å². The minimum absolute atomic E-state index is 0.0168. The summed E-state index contributed by atoms with van der Waals surface area (Å²) in [5.74, 6) is -0.182. The van der Waals surface area contributed by atoms with Crippen molar-refractivity contribution in [3.05, 3.63) is 11.4 Å². The van der Waals surface area contributed by atoms with Crippen molar-refractivity contribution < 1.29 is 9.53 Å². The van der Waals surface area contributed by atoms with Gasteiger partial charge < -0.3 is 15.8 Å². The summed E-state index contributed by atoms with van der Waals surface area (Å²) >= 11 is 0. The Bertz CT molecular complexity index is 412. The second-order valence-electron chi connectivity index (χ2n) is 4.47. The van der Waals surface area contributed by atoms with E-state index in [4.69, 9.17) is 10.5 Å². The lowest BCUT2D eigenvalue weighted by molar-refractivity contribution is -0.120. The van der Waals surface area contributed by atoms with Gasteiger partial charge in [-0.15, -0.1) is 0 Å². The summed E-state index contributed by atoms with van der Waals surface area (Å²) in [7, 11) is 0. The molecule has 0 atom stereocenters. The number of rotatable bonds is 6. The largest absolute Gasteiger partial charge is 0.370 e. The average molecular weight is 254 g/mol. The highest BCUT2D eigenvalue weighted by atomic mass is 16.5. The number of anilines is 1. The predicted octanol–water partition coefficient (Wildman–Crippen LogP) is 0.995. The van der Waals surface area contributed by atoms with Crippen molar-refractivity contribution in [1.82, 2.24) is 9.78 Å². The number of nitrogens with two attached hydrogens (primary N) is 1. The van der Waals surface area contributed by atoms with Crippen LogP contribution in [-0.2, 0) is 9.53 Å². The summed E-state index contributed by atoms with van der Waals surface area (Å²) in [5.41, 5.74) is 7.82. The molecule has 1 aromatic rings. The number of carbonyl (C=O) groups is 1. The molecule has 1 rings (SSSR count). The topological polar surface area (TPSA) is 82.2 Å². The van der Waals surface area contributed by atoms with Crippen molar-refractivity contribution in [3.8, 4) is 0 Å². The van der Waals surface area contributed by atoms with E-state index >= 15 is 0 Å². The molecule has 102 valence electrons. The number of hydrogen-bond donors (Lipinski definition) is 2. The average Bonchev–Trinajstić information content (AvgIpc) is 2.57. The van der Waals surface area contributed by atoms with Gasteiger partial charge >= 0.3 is 0 Å². The van der Waals surface area contributed by atoms with Crippen LogP contribution in [0.25, 0.3) is 0 Å². The third-order valence-electron chi connectivity index (χ3n) is 2.57. The number of aryl methyl sites for hydroxylation is 1. The molecule has 0 saturated carbocycles. The summed E-state index contributed by atoms with van der Waals surface area (Å²) in [6.45, 7) is 8.74. The zero-order valence-electron chi connectivity index (χ0n) is 11.5. The van der Waals surface area contributed by atoms with E-state index in [1.807, 2.05) is 18.5 Å². The Morgan fingerprint density at radius 2 is 2.17 bits per heavy atom. The lowest BCUT2D eigenvalue weighted by Crippen LogP contribution is -2.21. The lowest BCUT2D eigenvalue weighted by Gasteiger charge is -2.09. The molecule has 0 saturated heterocycles. The number of amides is 1. The summed E-state index contributed by atoms with van der Waals surface area (Å²) in [6.07, 6.45) is 0. The van der Waals surface area contributed by atoms with E-state index in [9.17, 15) is 4.79 Å². The summed E-state index contributed by atoms with van der Waals surface area (Å²) in [4.78, 5) is 11.7. The molecule has 1 amide bonds. The Kier molecular flexibility index (Phi) is 5.30. The predicted molar refractivity (Wildman–Crippen MR) is 70.6 cm³/mol. The van der Waals surface area contributed by atoms with Gasteiger partial charge in [-0.2, -0.15) is 5.10 Å². The molecule has 0 aliphatic rings. The maximum Gasteiger partial charge on any atom is 0.250 e. The van der Waals surface area contributed by atoms with Crippen LogP contribution in [0.1, 0.15) is 31.3 Å². The Morgan fingerprint density at radius 3 is 2.67 bits per heavy atom. The van der Waals surface area contributed by atoms with Gasteiger partial charge in [-0.25, -0.2) is 0 Å². The summed E-state index contributed by atoms with van der Waals surface area (Å²) in [6, 6.07) is 0.267. The fraction of sp³-hybridized carbons (Fsp3) is 0.667. The fourth-order valence-corrected chi connectivity index (χ4v) is 1.77. The third kappa shape index (κ3) is 3.54. The first-order valence-corrected chi connectivity index (χ1v) is 6.10. The third-order valence-corrected chi connectivity index (χ3v) is 2.57. The number of nitrogens with one attached hydrogen (secondary N) is 1. The van der Waals surface area contributed by atoms with Crippen LogP contribution in [0, 0.1) is 13.8 Å². The molecule has 6 heteroatoms. The van der Waals surface area contributed by atoms with Crippen LogP contribution in [-0.4, -0.2) is 35.4 Å². The summed E-state index contributed by atoms with van der Waals surface area (Å²) < 4.78 is 6.98. The Morgan fingerprint density at radius 1 is 1.50 bits per heavy atom. The molecular formula is C12H22N4O2. The Balaban J connectivity index is 2.70. The molecule has 6 nitrogen and oxygen atoms in total. The van der Waals surface area contributed by atoms with Crippen molar-refractivity contribution in [2.24, 2.45) is 5.73 Å². The molecule has 0 bridgehead atoms. The Labute approximate surface area is 107 Å². The second kappa shape index (κ2) is 6.51. The van der Waals surface area contributed by atoms with Gasteiger partial charge in [0.2, 0.25) is 5.91 Å². The number of carbonyl (C=O) groups excluding carboxylic acids is 1. The van der Waals surface area contributed by atoms with Gasteiger partial charge in [-0.3, -0.25) is 9.48 Å². The minimum Gasteiger partial charge on any atom is -0.370 e. The van der Waals surface area contributed by atoms with Crippen LogP contribution in [0.15, 0.2) is 0 Å².